The summed E-state index contributed by atoms with van der Waals surface area (Å²) in [5.41, 5.74) is 3.51. The van der Waals surface area contributed by atoms with E-state index in [4.69, 9.17) is 42.1 Å². The lowest BCUT2D eigenvalue weighted by Crippen LogP contribution is -2.68. The van der Waals surface area contributed by atoms with E-state index >= 15 is 0 Å². The molecule has 2 heterocycles. The number of rotatable bonds is 20. The Balaban J connectivity index is 1.35. The molecule has 4 aromatic rings. The Morgan fingerprint density at radius 3 is 1.54 bits per heavy atom. The third kappa shape index (κ3) is 13.2. The molecule has 0 radical (unpaired) electrons. The number of carbonyl (C=O) groups excluding carboxylic acids is 1. The first-order valence-electron chi connectivity index (χ1n) is 19.4. The highest BCUT2D eigenvalue weighted by Crippen LogP contribution is 2.34. The molecule has 318 valence electrons. The third-order valence-electron chi connectivity index (χ3n) is 9.85. The van der Waals surface area contributed by atoms with Gasteiger partial charge in [0.2, 0.25) is 5.91 Å². The first kappa shape index (κ1) is 44.5. The van der Waals surface area contributed by atoms with Crippen molar-refractivity contribution in [3.05, 3.63) is 144 Å². The molecule has 0 saturated carbocycles. The molecule has 1 amide bonds. The third-order valence-corrected chi connectivity index (χ3v) is 10.4. The molecule has 2 saturated heterocycles. The molecule has 59 heavy (non-hydrogen) atoms. The van der Waals surface area contributed by atoms with Gasteiger partial charge in [-0.15, -0.1) is 0 Å². The first-order valence-corrected chi connectivity index (χ1v) is 21.3. The Hall–Kier alpha value is -4.10. The summed E-state index contributed by atoms with van der Waals surface area (Å²) in [6, 6.07) is 37.2. The van der Waals surface area contributed by atoms with Crippen LogP contribution in [0.4, 0.5) is 0 Å². The van der Waals surface area contributed by atoms with Crippen LogP contribution in [0, 0.1) is 0 Å². The lowest BCUT2D eigenvalue weighted by Gasteiger charge is -2.49. The molecule has 14 nitrogen and oxygen atoms in total. The van der Waals surface area contributed by atoms with Gasteiger partial charge in [0.25, 0.3) is 10.1 Å². The van der Waals surface area contributed by atoms with E-state index in [0.717, 1.165) is 28.5 Å². The van der Waals surface area contributed by atoms with Gasteiger partial charge in [0.1, 0.15) is 48.8 Å². The second kappa shape index (κ2) is 21.9. The molecule has 2 aliphatic rings. The summed E-state index contributed by atoms with van der Waals surface area (Å²) in [5, 5.41) is 15.1. The molecule has 0 aromatic heterocycles. The number of carbonyl (C=O) groups is 1. The van der Waals surface area contributed by atoms with Crippen LogP contribution in [0.25, 0.3) is 0 Å². The summed E-state index contributed by atoms with van der Waals surface area (Å²) in [6.07, 6.45) is -9.28. The number of aliphatic hydroxyl groups excluding tert-OH is 1. The highest BCUT2D eigenvalue weighted by Gasteiger charge is 2.53. The summed E-state index contributed by atoms with van der Waals surface area (Å²) < 4.78 is 80.9. The minimum Gasteiger partial charge on any atom is -0.385 e. The van der Waals surface area contributed by atoms with Gasteiger partial charge in [0.05, 0.1) is 45.9 Å². The molecule has 0 aliphatic carbocycles. The van der Waals surface area contributed by atoms with Crippen molar-refractivity contribution in [2.24, 2.45) is 0 Å². The maximum Gasteiger partial charge on any atom is 0.264 e. The van der Waals surface area contributed by atoms with E-state index < -0.39 is 84.0 Å². The summed E-state index contributed by atoms with van der Waals surface area (Å²) in [4.78, 5) is 12.6. The predicted octanol–water partition coefficient (Wildman–Crippen LogP) is 4.28. The second-order valence-electron chi connectivity index (χ2n) is 14.4. The van der Waals surface area contributed by atoms with E-state index in [1.54, 1.807) is 0 Å². The van der Waals surface area contributed by atoms with Crippen LogP contribution in [0.2, 0.25) is 0 Å². The van der Waals surface area contributed by atoms with E-state index in [1.165, 1.54) is 14.0 Å². The average Bonchev–Trinajstić information content (AvgIpc) is 3.24. The summed E-state index contributed by atoms with van der Waals surface area (Å²) in [7, 11) is -2.57. The Labute approximate surface area is 345 Å². The Morgan fingerprint density at radius 1 is 0.627 bits per heavy atom. The van der Waals surface area contributed by atoms with Crippen molar-refractivity contribution >= 4 is 16.0 Å². The van der Waals surface area contributed by atoms with Crippen LogP contribution in [-0.2, 0) is 83.4 Å². The van der Waals surface area contributed by atoms with Crippen LogP contribution in [0.15, 0.2) is 121 Å². The van der Waals surface area contributed by atoms with Gasteiger partial charge < -0.3 is 48.3 Å². The quantitative estimate of drug-likeness (QED) is 0.121. The van der Waals surface area contributed by atoms with E-state index in [1.807, 2.05) is 121 Å². The first-order chi connectivity index (χ1) is 28.6. The zero-order valence-corrected chi connectivity index (χ0v) is 34.1. The van der Waals surface area contributed by atoms with E-state index in [9.17, 15) is 18.3 Å². The maximum absolute atomic E-state index is 12.6. The van der Waals surface area contributed by atoms with Gasteiger partial charge in [-0.1, -0.05) is 121 Å². The molecule has 10 atom stereocenters. The van der Waals surface area contributed by atoms with Crippen molar-refractivity contribution in [3.63, 3.8) is 0 Å². The number of benzene rings is 4. The van der Waals surface area contributed by atoms with Gasteiger partial charge in [-0.2, -0.15) is 8.42 Å². The van der Waals surface area contributed by atoms with Crippen LogP contribution >= 0.6 is 0 Å². The lowest BCUT2D eigenvalue weighted by atomic mass is 9.94. The van der Waals surface area contributed by atoms with E-state index in [2.05, 4.69) is 5.32 Å². The van der Waals surface area contributed by atoms with Gasteiger partial charge >= 0.3 is 0 Å². The molecule has 2 aliphatic heterocycles. The molecule has 0 spiro atoms. The van der Waals surface area contributed by atoms with Gasteiger partial charge in [0.15, 0.2) is 12.6 Å². The highest BCUT2D eigenvalue weighted by atomic mass is 32.2. The Morgan fingerprint density at radius 2 is 1.07 bits per heavy atom. The highest BCUT2D eigenvalue weighted by molar-refractivity contribution is 7.85. The monoisotopic (exact) mass is 835 g/mol. The molecule has 6 rings (SSSR count). The van der Waals surface area contributed by atoms with Crippen molar-refractivity contribution in [1.82, 2.24) is 5.32 Å². The SMILES string of the molecule is CO[C@@H]1O[C@H](COS(C)(=O)=O)[C@@H](O[C@@H]2O[C@H](COCc3ccccc3)[C@H](OCc3ccccc3)[C@H](OCc3ccccc3)[C@H]2O)[C@H](OCc2ccccc2)[C@H]1NC(C)=O. The van der Waals surface area contributed by atoms with Crippen molar-refractivity contribution in [2.45, 2.75) is 94.7 Å². The molecule has 0 bridgehead atoms. The largest absolute Gasteiger partial charge is 0.385 e. The smallest absolute Gasteiger partial charge is 0.264 e. The summed E-state index contributed by atoms with van der Waals surface area (Å²) in [6.45, 7) is 1.49. The molecule has 4 aromatic carbocycles. The van der Waals surface area contributed by atoms with Gasteiger partial charge in [0, 0.05) is 14.0 Å². The number of aliphatic hydroxyl groups is 1. The minimum absolute atomic E-state index is 0.0160. The summed E-state index contributed by atoms with van der Waals surface area (Å²) >= 11 is 0. The van der Waals surface area contributed by atoms with Crippen molar-refractivity contribution < 1.29 is 60.4 Å². The molecule has 2 N–H and O–H groups in total. The summed E-state index contributed by atoms with van der Waals surface area (Å²) in [5.74, 6) is -0.407. The molecular formula is C44H53NO13S. The van der Waals surface area contributed by atoms with Crippen LogP contribution in [0.3, 0.4) is 0 Å². The zero-order valence-electron chi connectivity index (χ0n) is 33.3. The van der Waals surface area contributed by atoms with Crippen LogP contribution in [0.5, 0.6) is 0 Å². The van der Waals surface area contributed by atoms with Gasteiger partial charge in [-0.25, -0.2) is 0 Å². The fourth-order valence-electron chi connectivity index (χ4n) is 7.04. The molecular weight excluding hydrogens is 783 g/mol. The number of nitrogens with one attached hydrogen (secondary N) is 1. The fraction of sp³-hybridized carbons (Fsp3) is 0.432. The van der Waals surface area contributed by atoms with Crippen LogP contribution < -0.4 is 5.32 Å². The van der Waals surface area contributed by atoms with Crippen LogP contribution in [0.1, 0.15) is 29.2 Å². The molecule has 0 unspecified atom stereocenters. The predicted molar refractivity (Wildman–Crippen MR) is 215 cm³/mol. The number of amides is 1. The Kier molecular flexibility index (Phi) is 16.5. The van der Waals surface area contributed by atoms with Gasteiger partial charge in [-0.3, -0.25) is 8.98 Å². The van der Waals surface area contributed by atoms with E-state index in [-0.39, 0.29) is 33.0 Å². The Bertz CT molecular complexity index is 1940. The standard InChI is InChI=1S/C44H53NO13S/c1-30(46)45-37-41(53-26-33-20-12-6-13-21-33)40(36(56-43(37)50-2)29-55-59(3,48)49)58-44-38(47)42(54-27-34-22-14-7-15-23-34)39(52-25-32-18-10-5-11-19-32)35(57-44)28-51-24-31-16-8-4-9-17-31/h4-23,35-44,47H,24-29H2,1-3H3,(H,45,46)/t35-,36-,37-,38-,39+,40-,41-,42-,43-,44+/m1/s1. The number of methoxy groups -OCH3 is 1. The number of hydrogen-bond acceptors (Lipinski definition) is 13. The second-order valence-corrected chi connectivity index (χ2v) is 16.1. The fourth-order valence-corrected chi connectivity index (χ4v) is 7.42. The van der Waals surface area contributed by atoms with Crippen molar-refractivity contribution in [1.29, 1.82) is 0 Å². The van der Waals surface area contributed by atoms with Gasteiger partial charge in [-0.05, 0) is 22.3 Å². The number of hydrogen-bond donors (Lipinski definition) is 2. The van der Waals surface area contributed by atoms with Crippen molar-refractivity contribution in [3.8, 4) is 0 Å². The molecule has 2 fully saturated rings. The van der Waals surface area contributed by atoms with Crippen LogP contribution in [-0.4, -0.2) is 107 Å². The average molecular weight is 836 g/mol. The lowest BCUT2D eigenvalue weighted by molar-refractivity contribution is -0.357. The number of ether oxygens (including phenoxy) is 8. The minimum atomic E-state index is -3.96. The zero-order chi connectivity index (χ0) is 41.6. The molecule has 15 heteroatoms. The normalized spacial score (nSPS) is 27.3. The topological polar surface area (TPSA) is 167 Å². The van der Waals surface area contributed by atoms with E-state index in [0.29, 0.717) is 0 Å². The maximum atomic E-state index is 12.6. The van der Waals surface area contributed by atoms with Crippen molar-refractivity contribution in [2.75, 3.05) is 26.6 Å².